The van der Waals surface area contributed by atoms with Crippen LogP contribution in [0.3, 0.4) is 0 Å². The van der Waals surface area contributed by atoms with E-state index in [4.69, 9.17) is 16.0 Å². The van der Waals surface area contributed by atoms with Crippen LogP contribution in [0.5, 0.6) is 0 Å². The van der Waals surface area contributed by atoms with Gasteiger partial charge in [-0.15, -0.1) is 0 Å². The molecule has 140 valence electrons. The number of hydrogen-bond acceptors (Lipinski definition) is 6. The zero-order chi connectivity index (χ0) is 20.3. The van der Waals surface area contributed by atoms with Crippen LogP contribution in [0.15, 0.2) is 65.1 Å². The van der Waals surface area contributed by atoms with Crippen LogP contribution >= 0.6 is 11.6 Å². The van der Waals surface area contributed by atoms with Gasteiger partial charge in [-0.25, -0.2) is 0 Å². The van der Waals surface area contributed by atoms with Crippen molar-refractivity contribution in [3.05, 3.63) is 97.2 Å². The number of non-ortho nitro benzene ring substituents is 2. The third kappa shape index (κ3) is 4.13. The molecule has 0 aliphatic heterocycles. The molecule has 0 unspecified atom stereocenters. The highest BCUT2D eigenvalue weighted by Crippen LogP contribution is 2.32. The maximum atomic E-state index is 12.2. The van der Waals surface area contributed by atoms with Crippen molar-refractivity contribution in [3.8, 4) is 11.3 Å². The maximum Gasteiger partial charge on any atom is 0.270 e. The summed E-state index contributed by atoms with van der Waals surface area (Å²) < 4.78 is 5.60. The lowest BCUT2D eigenvalue weighted by atomic mass is 10.1. The van der Waals surface area contributed by atoms with Crippen LogP contribution in [0.4, 0.5) is 11.4 Å². The molecule has 0 aliphatic carbocycles. The molecule has 0 aliphatic rings. The van der Waals surface area contributed by atoms with E-state index in [-0.39, 0.29) is 22.0 Å². The van der Waals surface area contributed by atoms with Gasteiger partial charge in [0, 0.05) is 35.4 Å². The minimum Gasteiger partial charge on any atom is -0.457 e. The summed E-state index contributed by atoms with van der Waals surface area (Å²) in [6.07, 6.45) is 2.66. The molecule has 0 atom stereocenters. The van der Waals surface area contributed by atoms with Gasteiger partial charge in [-0.1, -0.05) is 23.7 Å². The minimum atomic E-state index is -0.576. The molecule has 9 heteroatoms. The van der Waals surface area contributed by atoms with Gasteiger partial charge in [0.25, 0.3) is 11.4 Å². The van der Waals surface area contributed by atoms with E-state index in [1.54, 1.807) is 12.1 Å². The third-order valence-electron chi connectivity index (χ3n) is 3.80. The number of benzene rings is 2. The molecule has 2 aromatic carbocycles. The summed E-state index contributed by atoms with van der Waals surface area (Å²) in [5.74, 6) is 0.306. The predicted octanol–water partition coefficient (Wildman–Crippen LogP) is 5.31. The molecule has 0 spiro atoms. The quantitative estimate of drug-likeness (QED) is 0.240. The third-order valence-corrected chi connectivity index (χ3v) is 4.11. The highest BCUT2D eigenvalue weighted by Gasteiger charge is 2.13. The van der Waals surface area contributed by atoms with Gasteiger partial charge >= 0.3 is 0 Å². The van der Waals surface area contributed by atoms with Crippen molar-refractivity contribution in [1.82, 2.24) is 0 Å². The van der Waals surface area contributed by atoms with Crippen molar-refractivity contribution >= 4 is 34.8 Å². The summed E-state index contributed by atoms with van der Waals surface area (Å²) in [5.41, 5.74) is 0.336. The fourth-order valence-electron chi connectivity index (χ4n) is 2.43. The van der Waals surface area contributed by atoms with Gasteiger partial charge in [-0.3, -0.25) is 25.0 Å². The Hall–Kier alpha value is -3.78. The SMILES string of the molecule is O=C(C=Cc1ccc(-c2ccc([N+](=O)[O-])cc2Cl)o1)c1cccc([N+](=O)[O-])c1. The Balaban J connectivity index is 1.79. The van der Waals surface area contributed by atoms with E-state index in [9.17, 15) is 25.0 Å². The summed E-state index contributed by atoms with van der Waals surface area (Å²) in [4.78, 5) is 32.6. The number of furan rings is 1. The van der Waals surface area contributed by atoms with Crippen LogP contribution < -0.4 is 0 Å². The number of ketones is 1. The molecule has 3 rings (SSSR count). The topological polar surface area (TPSA) is 116 Å². The summed E-state index contributed by atoms with van der Waals surface area (Å²) in [6, 6.07) is 12.6. The lowest BCUT2D eigenvalue weighted by Crippen LogP contribution is -1.96. The number of hydrogen-bond donors (Lipinski definition) is 0. The zero-order valence-corrected chi connectivity index (χ0v) is 14.8. The van der Waals surface area contributed by atoms with Crippen molar-refractivity contribution in [1.29, 1.82) is 0 Å². The Morgan fingerprint density at radius 3 is 2.36 bits per heavy atom. The number of allylic oxidation sites excluding steroid dienone is 1. The number of nitrogens with zero attached hydrogens (tertiary/aromatic N) is 2. The van der Waals surface area contributed by atoms with E-state index in [0.29, 0.717) is 17.1 Å². The molecule has 0 amide bonds. The molecule has 0 fully saturated rings. The van der Waals surface area contributed by atoms with Gasteiger partial charge in [0.15, 0.2) is 5.78 Å². The average Bonchev–Trinajstić information content (AvgIpc) is 3.14. The van der Waals surface area contributed by atoms with Gasteiger partial charge in [0.2, 0.25) is 0 Å². The molecule has 0 N–H and O–H groups in total. The molecule has 0 saturated heterocycles. The Morgan fingerprint density at radius 1 is 0.964 bits per heavy atom. The van der Waals surface area contributed by atoms with Crippen molar-refractivity contribution in [2.24, 2.45) is 0 Å². The zero-order valence-electron chi connectivity index (χ0n) is 14.1. The summed E-state index contributed by atoms with van der Waals surface area (Å²) in [6.45, 7) is 0. The van der Waals surface area contributed by atoms with Crippen molar-refractivity contribution in [3.63, 3.8) is 0 Å². The highest BCUT2D eigenvalue weighted by atomic mass is 35.5. The highest BCUT2D eigenvalue weighted by molar-refractivity contribution is 6.33. The largest absolute Gasteiger partial charge is 0.457 e. The van der Waals surface area contributed by atoms with Crippen molar-refractivity contribution < 1.29 is 19.1 Å². The van der Waals surface area contributed by atoms with Crippen molar-refractivity contribution in [2.45, 2.75) is 0 Å². The Labute approximate surface area is 163 Å². The number of rotatable bonds is 6. The van der Waals surface area contributed by atoms with E-state index in [1.165, 1.54) is 54.6 Å². The van der Waals surface area contributed by atoms with Crippen LogP contribution in [0.2, 0.25) is 5.02 Å². The average molecular weight is 399 g/mol. The fourth-order valence-corrected chi connectivity index (χ4v) is 2.70. The molecule has 1 aromatic heterocycles. The summed E-state index contributed by atoms with van der Waals surface area (Å²) in [5, 5.41) is 21.7. The van der Waals surface area contributed by atoms with E-state index >= 15 is 0 Å². The second-order valence-electron chi connectivity index (χ2n) is 5.63. The first-order valence-corrected chi connectivity index (χ1v) is 8.24. The molecule has 0 saturated carbocycles. The lowest BCUT2D eigenvalue weighted by molar-refractivity contribution is -0.385. The molecular formula is C19H11ClN2O6. The summed E-state index contributed by atoms with van der Waals surface area (Å²) in [7, 11) is 0. The lowest BCUT2D eigenvalue weighted by Gasteiger charge is -2.00. The predicted molar refractivity (Wildman–Crippen MR) is 102 cm³/mol. The van der Waals surface area contributed by atoms with E-state index in [0.717, 1.165) is 0 Å². The number of nitro groups is 2. The van der Waals surface area contributed by atoms with Crippen LogP contribution in [-0.4, -0.2) is 15.6 Å². The second kappa shape index (κ2) is 7.85. The van der Waals surface area contributed by atoms with Crippen molar-refractivity contribution in [2.75, 3.05) is 0 Å². The second-order valence-corrected chi connectivity index (χ2v) is 6.04. The van der Waals surface area contributed by atoms with E-state index in [1.807, 2.05) is 0 Å². The van der Waals surface area contributed by atoms with Crippen LogP contribution in [0.1, 0.15) is 16.1 Å². The first-order chi connectivity index (χ1) is 13.3. The van der Waals surface area contributed by atoms with Crippen LogP contribution in [0.25, 0.3) is 17.4 Å². The molecule has 1 heterocycles. The first kappa shape index (κ1) is 19.0. The maximum absolute atomic E-state index is 12.2. The van der Waals surface area contributed by atoms with Gasteiger partial charge < -0.3 is 4.42 Å². The van der Waals surface area contributed by atoms with Gasteiger partial charge in [0.1, 0.15) is 11.5 Å². The molecule has 28 heavy (non-hydrogen) atoms. The Morgan fingerprint density at radius 2 is 1.68 bits per heavy atom. The first-order valence-electron chi connectivity index (χ1n) is 7.86. The van der Waals surface area contributed by atoms with Crippen LogP contribution in [0, 0.1) is 20.2 Å². The number of nitro benzene ring substituents is 2. The number of carbonyl (C=O) groups excluding carboxylic acids is 1. The molecule has 0 bridgehead atoms. The smallest absolute Gasteiger partial charge is 0.270 e. The normalized spacial score (nSPS) is 10.9. The summed E-state index contributed by atoms with van der Waals surface area (Å²) >= 11 is 6.07. The molecule has 3 aromatic rings. The van der Waals surface area contributed by atoms with E-state index < -0.39 is 15.6 Å². The molecular weight excluding hydrogens is 388 g/mol. The van der Waals surface area contributed by atoms with Crippen LogP contribution in [-0.2, 0) is 0 Å². The van der Waals surface area contributed by atoms with Gasteiger partial charge in [0.05, 0.1) is 14.9 Å². The van der Waals surface area contributed by atoms with Gasteiger partial charge in [-0.2, -0.15) is 0 Å². The molecule has 0 radical (unpaired) electrons. The Kier molecular flexibility index (Phi) is 5.32. The minimum absolute atomic E-state index is 0.136. The standard InChI is InChI=1S/C19H11ClN2O6/c20-17-11-14(22(26)27)4-7-16(17)19-9-6-15(28-19)5-8-18(23)12-2-1-3-13(10-12)21(24)25/h1-11H. The molecule has 8 nitrogen and oxygen atoms in total. The van der Waals surface area contributed by atoms with Gasteiger partial charge in [-0.05, 0) is 30.4 Å². The Bertz CT molecular complexity index is 1120. The fraction of sp³-hybridized carbons (Fsp3) is 0. The number of halogens is 1. The monoisotopic (exact) mass is 398 g/mol. The number of carbonyl (C=O) groups is 1. The van der Waals surface area contributed by atoms with E-state index in [2.05, 4.69) is 0 Å².